The highest BCUT2D eigenvalue weighted by atomic mass is 14.6. The van der Waals surface area contributed by atoms with Gasteiger partial charge >= 0.3 is 0 Å². The van der Waals surface area contributed by atoms with Crippen LogP contribution in [0.1, 0.15) is 127 Å². The fourth-order valence-electron chi connectivity index (χ4n) is 7.74. The first-order valence-electron chi connectivity index (χ1n) is 12.9. The topological polar surface area (TPSA) is 0 Å². The minimum absolute atomic E-state index is 0.701. The molecule has 0 aromatic heterocycles. The molecule has 0 radical (unpaired) electrons. The van der Waals surface area contributed by atoms with E-state index < -0.39 is 0 Å². The van der Waals surface area contributed by atoms with Crippen LogP contribution in [-0.2, 0) is 0 Å². The van der Waals surface area contributed by atoms with Crippen molar-refractivity contribution in [1.29, 1.82) is 0 Å². The normalized spacial score (nSPS) is 47.3. The molecule has 0 aliphatic heterocycles. The van der Waals surface area contributed by atoms with E-state index in [9.17, 15) is 0 Å². The van der Waals surface area contributed by atoms with Gasteiger partial charge in [-0.25, -0.2) is 0 Å². The van der Waals surface area contributed by atoms with Crippen molar-refractivity contribution in [3.8, 4) is 0 Å². The molecule has 0 aromatic rings. The average Bonchev–Trinajstić information content (AvgIpc) is 3.02. The summed E-state index contributed by atoms with van der Waals surface area (Å²) in [5.74, 6) is 6.28. The van der Waals surface area contributed by atoms with Crippen molar-refractivity contribution in [2.75, 3.05) is 0 Å². The third kappa shape index (κ3) is 4.45. The summed E-state index contributed by atoms with van der Waals surface area (Å²) in [6.45, 7) is 22.4. The smallest absolute Gasteiger partial charge is 0.0266 e. The maximum Gasteiger partial charge on any atom is -0.0266 e. The molecule has 27 heavy (non-hydrogen) atoms. The summed E-state index contributed by atoms with van der Waals surface area (Å²) in [5, 5.41) is 0. The molecule has 4 rings (SSSR count). The first kappa shape index (κ1) is 25.0. The molecule has 4 aliphatic carbocycles. The van der Waals surface area contributed by atoms with E-state index >= 15 is 0 Å². The molecular weight excluding hydrogens is 324 g/mol. The maximum absolute atomic E-state index is 2.71. The highest BCUT2D eigenvalue weighted by Gasteiger charge is 2.59. The fraction of sp³-hybridized carbons (Fsp3) is 1.00. The highest BCUT2D eigenvalue weighted by Crippen LogP contribution is 2.67. The molecule has 0 spiro atoms. The lowest BCUT2D eigenvalue weighted by atomic mass is 9.44. The Balaban J connectivity index is 0.000000556. The zero-order valence-corrected chi connectivity index (χ0v) is 20.8. The molecule has 162 valence electrons. The standard InChI is InChI=1S/C21H36.3C2H6/c1-14-9-11-21(4)16(13-14)6-7-17-18-8-5-15(2)20(18,3)12-10-19(17)21;3*1-2/h14-19H,5-13H2,1-4H3;3*1-2H3. The molecule has 0 heteroatoms. The fourth-order valence-corrected chi connectivity index (χ4v) is 7.74. The van der Waals surface area contributed by atoms with E-state index in [0.29, 0.717) is 10.8 Å². The average molecular weight is 379 g/mol. The van der Waals surface area contributed by atoms with E-state index in [4.69, 9.17) is 0 Å². The van der Waals surface area contributed by atoms with Crippen molar-refractivity contribution in [3.05, 3.63) is 0 Å². The molecule has 0 nitrogen and oxygen atoms in total. The van der Waals surface area contributed by atoms with E-state index in [2.05, 4.69) is 27.7 Å². The Morgan fingerprint density at radius 2 is 1.15 bits per heavy atom. The van der Waals surface area contributed by atoms with Crippen LogP contribution in [0.5, 0.6) is 0 Å². The molecule has 4 saturated carbocycles. The molecule has 8 atom stereocenters. The van der Waals surface area contributed by atoms with Gasteiger partial charge in [-0.15, -0.1) is 0 Å². The highest BCUT2D eigenvalue weighted by molar-refractivity contribution is 5.08. The molecule has 4 aliphatic rings. The lowest BCUT2D eigenvalue weighted by molar-refractivity contribution is -0.115. The summed E-state index contributed by atoms with van der Waals surface area (Å²) in [6, 6.07) is 0. The van der Waals surface area contributed by atoms with E-state index in [0.717, 1.165) is 35.5 Å². The Hall–Kier alpha value is 0. The molecule has 0 saturated heterocycles. The molecule has 0 N–H and O–H groups in total. The van der Waals surface area contributed by atoms with E-state index in [1.165, 1.54) is 25.7 Å². The second-order valence-corrected chi connectivity index (χ2v) is 10.1. The quantitative estimate of drug-likeness (QED) is 0.393. The summed E-state index contributed by atoms with van der Waals surface area (Å²) in [6.07, 6.45) is 13.9. The largest absolute Gasteiger partial charge is 0.0683 e. The predicted molar refractivity (Wildman–Crippen MR) is 124 cm³/mol. The van der Waals surface area contributed by atoms with Crippen LogP contribution in [0.4, 0.5) is 0 Å². The molecule has 8 unspecified atom stereocenters. The van der Waals surface area contributed by atoms with Crippen LogP contribution in [0.15, 0.2) is 0 Å². The summed E-state index contributed by atoms with van der Waals surface area (Å²) in [7, 11) is 0. The first-order valence-corrected chi connectivity index (χ1v) is 12.9. The van der Waals surface area contributed by atoms with Crippen LogP contribution in [-0.4, -0.2) is 0 Å². The van der Waals surface area contributed by atoms with Gasteiger partial charge in [0.2, 0.25) is 0 Å². The Bertz CT molecular complexity index is 412. The van der Waals surface area contributed by atoms with Crippen molar-refractivity contribution in [2.45, 2.75) is 127 Å². The van der Waals surface area contributed by atoms with E-state index in [-0.39, 0.29) is 0 Å². The second-order valence-electron chi connectivity index (χ2n) is 10.1. The van der Waals surface area contributed by atoms with Gasteiger partial charge in [-0.05, 0) is 97.7 Å². The van der Waals surface area contributed by atoms with Crippen LogP contribution in [0, 0.1) is 46.3 Å². The third-order valence-electron chi connectivity index (χ3n) is 9.40. The van der Waals surface area contributed by atoms with Crippen molar-refractivity contribution in [2.24, 2.45) is 46.3 Å². The van der Waals surface area contributed by atoms with Gasteiger partial charge in [0.25, 0.3) is 0 Å². The third-order valence-corrected chi connectivity index (χ3v) is 9.40. The minimum Gasteiger partial charge on any atom is -0.0683 e. The van der Waals surface area contributed by atoms with E-state index in [1.54, 1.807) is 32.1 Å². The zero-order valence-electron chi connectivity index (χ0n) is 20.8. The molecule has 4 fully saturated rings. The summed E-state index contributed by atoms with van der Waals surface area (Å²) in [5.41, 5.74) is 1.41. The van der Waals surface area contributed by atoms with Gasteiger partial charge in [0.15, 0.2) is 0 Å². The van der Waals surface area contributed by atoms with Gasteiger partial charge in [0.05, 0.1) is 0 Å². The lowest BCUT2D eigenvalue weighted by Crippen LogP contribution is -2.53. The summed E-state index contributed by atoms with van der Waals surface area (Å²) >= 11 is 0. The van der Waals surface area contributed by atoms with Crippen LogP contribution < -0.4 is 0 Å². The predicted octanol–water partition coefficient (Wildman–Crippen LogP) is 9.38. The van der Waals surface area contributed by atoms with Gasteiger partial charge in [0.1, 0.15) is 0 Å². The van der Waals surface area contributed by atoms with Crippen molar-refractivity contribution < 1.29 is 0 Å². The molecular formula is C27H54. The molecule has 0 heterocycles. The Labute approximate surface area is 173 Å². The zero-order chi connectivity index (χ0) is 20.8. The number of hydrogen-bond donors (Lipinski definition) is 0. The van der Waals surface area contributed by atoms with Gasteiger partial charge in [0, 0.05) is 0 Å². The molecule has 0 bridgehead atoms. The number of rotatable bonds is 0. The maximum atomic E-state index is 2.71. The first-order chi connectivity index (χ1) is 12.9. The van der Waals surface area contributed by atoms with Crippen LogP contribution >= 0.6 is 0 Å². The van der Waals surface area contributed by atoms with Crippen LogP contribution in [0.2, 0.25) is 0 Å². The summed E-state index contributed by atoms with van der Waals surface area (Å²) < 4.78 is 0. The lowest BCUT2D eigenvalue weighted by Gasteiger charge is -2.61. The second kappa shape index (κ2) is 10.7. The van der Waals surface area contributed by atoms with E-state index in [1.807, 2.05) is 41.5 Å². The Morgan fingerprint density at radius 3 is 1.78 bits per heavy atom. The molecule has 0 amide bonds. The van der Waals surface area contributed by atoms with Crippen LogP contribution in [0.3, 0.4) is 0 Å². The SMILES string of the molecule is CC.CC.CC.CC1CCC2(C)C(CCC3C4CCC(C)C4(C)CCC32)C1. The van der Waals surface area contributed by atoms with Gasteiger partial charge < -0.3 is 0 Å². The Morgan fingerprint density at radius 1 is 0.593 bits per heavy atom. The van der Waals surface area contributed by atoms with Crippen molar-refractivity contribution in [1.82, 2.24) is 0 Å². The van der Waals surface area contributed by atoms with Crippen molar-refractivity contribution in [3.63, 3.8) is 0 Å². The van der Waals surface area contributed by atoms with Gasteiger partial charge in [-0.2, -0.15) is 0 Å². The van der Waals surface area contributed by atoms with Gasteiger partial charge in [-0.1, -0.05) is 75.7 Å². The minimum atomic E-state index is 0.701. The van der Waals surface area contributed by atoms with Gasteiger partial charge in [-0.3, -0.25) is 0 Å². The summed E-state index contributed by atoms with van der Waals surface area (Å²) in [4.78, 5) is 0. The van der Waals surface area contributed by atoms with Crippen molar-refractivity contribution >= 4 is 0 Å². The molecule has 0 aromatic carbocycles. The number of hydrogen-bond acceptors (Lipinski definition) is 0. The monoisotopic (exact) mass is 378 g/mol. The Kier molecular flexibility index (Phi) is 9.91. The number of fused-ring (bicyclic) bond motifs is 5. The van der Waals surface area contributed by atoms with Crippen LogP contribution in [0.25, 0.3) is 0 Å².